The van der Waals surface area contributed by atoms with Gasteiger partial charge in [0.05, 0.1) is 31.2 Å². The van der Waals surface area contributed by atoms with Crippen molar-refractivity contribution in [3.63, 3.8) is 0 Å². The molecule has 0 radical (unpaired) electrons. The molecule has 2 aromatic carbocycles. The number of amides is 1. The zero-order valence-corrected chi connectivity index (χ0v) is 22.4. The first-order valence-electron chi connectivity index (χ1n) is 12.5. The number of nitrogens with zero attached hydrogens (tertiary/aromatic N) is 3. The van der Waals surface area contributed by atoms with E-state index in [-0.39, 0.29) is 11.3 Å². The van der Waals surface area contributed by atoms with Crippen LogP contribution in [0.25, 0.3) is 0 Å². The number of sulfonamides is 1. The molecule has 200 valence electrons. The second-order valence-corrected chi connectivity index (χ2v) is 11.0. The fraction of sp³-hybridized carbons (Fsp3) is 0.321. The highest BCUT2D eigenvalue weighted by Gasteiger charge is 2.37. The number of methoxy groups -OCH3 is 1. The number of rotatable bonds is 8. The summed E-state index contributed by atoms with van der Waals surface area (Å²) >= 11 is 0. The molecule has 3 aromatic rings. The Morgan fingerprint density at radius 3 is 2.34 bits per heavy atom. The molecule has 0 spiro atoms. The highest BCUT2D eigenvalue weighted by Crippen LogP contribution is 2.35. The molecular formula is C28H33N5O4S. The van der Waals surface area contributed by atoms with Crippen LogP contribution in [0.1, 0.15) is 34.5 Å². The summed E-state index contributed by atoms with van der Waals surface area (Å²) in [6.07, 6.45) is 4.16. The molecule has 0 atom stereocenters. The third kappa shape index (κ3) is 6.89. The molecule has 1 aromatic heterocycles. The summed E-state index contributed by atoms with van der Waals surface area (Å²) in [7, 11) is -2.08. The van der Waals surface area contributed by atoms with Gasteiger partial charge in [0.15, 0.2) is 0 Å². The van der Waals surface area contributed by atoms with Gasteiger partial charge in [-0.3, -0.25) is 9.78 Å². The third-order valence-electron chi connectivity index (χ3n) is 6.75. The van der Waals surface area contributed by atoms with Gasteiger partial charge in [-0.05, 0) is 42.7 Å². The van der Waals surface area contributed by atoms with Crippen LogP contribution in [-0.2, 0) is 22.0 Å². The molecule has 1 aliphatic rings. The molecule has 0 bridgehead atoms. The minimum Gasteiger partial charge on any atom is -0.496 e. The molecule has 38 heavy (non-hydrogen) atoms. The first-order chi connectivity index (χ1) is 18.3. The van der Waals surface area contributed by atoms with Crippen LogP contribution in [0, 0.1) is 0 Å². The smallest absolute Gasteiger partial charge is 0.255 e. The molecule has 0 unspecified atom stereocenters. The predicted octanol–water partition coefficient (Wildman–Crippen LogP) is 2.96. The van der Waals surface area contributed by atoms with E-state index >= 15 is 0 Å². The third-order valence-corrected chi connectivity index (χ3v) is 7.26. The van der Waals surface area contributed by atoms with Gasteiger partial charge in [0.25, 0.3) is 15.9 Å². The highest BCUT2D eigenvalue weighted by molar-refractivity contribution is 7.89. The molecular weight excluding hydrogens is 502 g/mol. The van der Waals surface area contributed by atoms with Crippen LogP contribution in [-0.4, -0.2) is 63.2 Å². The van der Waals surface area contributed by atoms with Gasteiger partial charge in [0.2, 0.25) is 5.96 Å². The number of likely N-dealkylation sites (tertiary alicyclic amines) is 1. The number of benzene rings is 2. The number of piperidine rings is 1. The number of guanidine groups is 1. The Bertz CT molecular complexity index is 1360. The van der Waals surface area contributed by atoms with E-state index in [9.17, 15) is 13.2 Å². The van der Waals surface area contributed by atoms with Crippen molar-refractivity contribution in [2.75, 3.05) is 33.0 Å². The number of carbonyl (C=O) groups excluding carboxylic acids is 1. The average molecular weight is 536 g/mol. The monoisotopic (exact) mass is 535 g/mol. The Labute approximate surface area is 224 Å². The number of aromatic nitrogens is 1. The Hall–Kier alpha value is -3.92. The van der Waals surface area contributed by atoms with Gasteiger partial charge in [-0.1, -0.05) is 48.5 Å². The fourth-order valence-electron chi connectivity index (χ4n) is 4.71. The zero-order valence-electron chi connectivity index (χ0n) is 21.6. The number of nitrogens with one attached hydrogen (secondary N) is 2. The van der Waals surface area contributed by atoms with E-state index in [0.717, 1.165) is 17.5 Å². The van der Waals surface area contributed by atoms with Gasteiger partial charge >= 0.3 is 0 Å². The van der Waals surface area contributed by atoms with Crippen LogP contribution in [0.3, 0.4) is 0 Å². The van der Waals surface area contributed by atoms with Crippen molar-refractivity contribution in [2.24, 2.45) is 4.40 Å². The zero-order chi connectivity index (χ0) is 27.0. The van der Waals surface area contributed by atoms with E-state index in [2.05, 4.69) is 32.1 Å². The van der Waals surface area contributed by atoms with E-state index in [0.29, 0.717) is 56.3 Å². The maximum absolute atomic E-state index is 13.1. The van der Waals surface area contributed by atoms with Crippen LogP contribution >= 0.6 is 0 Å². The summed E-state index contributed by atoms with van der Waals surface area (Å²) < 4.78 is 33.5. The van der Waals surface area contributed by atoms with Gasteiger partial charge in [-0.25, -0.2) is 8.42 Å². The van der Waals surface area contributed by atoms with Gasteiger partial charge in [0, 0.05) is 31.2 Å². The highest BCUT2D eigenvalue weighted by atomic mass is 32.2. The second kappa shape index (κ2) is 12.1. The molecule has 0 aliphatic carbocycles. The van der Waals surface area contributed by atoms with Crippen molar-refractivity contribution in [3.05, 3.63) is 95.8 Å². The summed E-state index contributed by atoms with van der Waals surface area (Å²) in [6, 6.07) is 22.8. The van der Waals surface area contributed by atoms with Crippen LogP contribution in [0.15, 0.2) is 83.4 Å². The lowest BCUT2D eigenvalue weighted by Gasteiger charge is -2.43. The molecule has 0 saturated carbocycles. The Kier molecular flexibility index (Phi) is 8.62. The molecule has 1 saturated heterocycles. The second-order valence-electron chi connectivity index (χ2n) is 9.34. The van der Waals surface area contributed by atoms with Crippen molar-refractivity contribution in [2.45, 2.75) is 24.8 Å². The molecule has 1 fully saturated rings. The number of hydrogen-bond acceptors (Lipinski definition) is 5. The summed E-state index contributed by atoms with van der Waals surface area (Å²) in [5.41, 5.74) is 2.07. The lowest BCUT2D eigenvalue weighted by Crippen LogP contribution is -2.53. The van der Waals surface area contributed by atoms with Crippen LogP contribution in [0.2, 0.25) is 0 Å². The fourth-order valence-corrected chi connectivity index (χ4v) is 5.21. The first kappa shape index (κ1) is 27.1. The van der Waals surface area contributed by atoms with E-state index < -0.39 is 10.0 Å². The molecule has 2 N–H and O–H groups in total. The molecule has 10 heteroatoms. The summed E-state index contributed by atoms with van der Waals surface area (Å²) in [4.78, 5) is 19.3. The normalized spacial score (nSPS) is 15.5. The number of carbonyl (C=O) groups is 1. The van der Waals surface area contributed by atoms with Crippen molar-refractivity contribution >= 4 is 21.9 Å². The minimum atomic E-state index is -3.62. The Morgan fingerprint density at radius 1 is 1.00 bits per heavy atom. The van der Waals surface area contributed by atoms with E-state index in [1.165, 1.54) is 0 Å². The number of pyridine rings is 1. The lowest BCUT2D eigenvalue weighted by atomic mass is 9.72. The van der Waals surface area contributed by atoms with Crippen molar-refractivity contribution in [3.8, 4) is 5.75 Å². The maximum atomic E-state index is 13.1. The standard InChI is InChI=1S/C28H33N5O4S/c1-37-25-14-7-6-13-24(25)26(34)31-21-28(22-10-4-3-5-11-22)15-18-33(19-16-28)27(32-38(2,35)36)30-20-23-12-8-9-17-29-23/h3-14,17H,15-16,18-21H2,1-2H3,(H,30,32)(H,31,34). The topological polar surface area (TPSA) is 113 Å². The van der Waals surface area contributed by atoms with Gasteiger partial charge in [-0.15, -0.1) is 4.40 Å². The molecule has 1 aliphatic heterocycles. The molecule has 1 amide bonds. The molecule has 2 heterocycles. The van der Waals surface area contributed by atoms with Crippen molar-refractivity contribution < 1.29 is 17.9 Å². The summed E-state index contributed by atoms with van der Waals surface area (Å²) in [6.45, 7) is 1.90. The Morgan fingerprint density at radius 2 is 1.68 bits per heavy atom. The van der Waals surface area contributed by atoms with Crippen LogP contribution < -0.4 is 15.4 Å². The largest absolute Gasteiger partial charge is 0.496 e. The first-order valence-corrected chi connectivity index (χ1v) is 14.3. The quantitative estimate of drug-likeness (QED) is 0.337. The molecule has 9 nitrogen and oxygen atoms in total. The van der Waals surface area contributed by atoms with Crippen molar-refractivity contribution in [1.82, 2.24) is 20.5 Å². The Balaban J connectivity index is 1.52. The van der Waals surface area contributed by atoms with E-state index in [4.69, 9.17) is 4.74 Å². The summed E-state index contributed by atoms with van der Waals surface area (Å²) in [5, 5.41) is 6.29. The number of hydrogen-bond donors (Lipinski definition) is 2. The molecule has 4 rings (SSSR count). The minimum absolute atomic E-state index is 0.198. The van der Waals surface area contributed by atoms with Crippen molar-refractivity contribution in [1.29, 1.82) is 0 Å². The van der Waals surface area contributed by atoms with E-state index in [1.807, 2.05) is 53.4 Å². The lowest BCUT2D eigenvalue weighted by molar-refractivity contribution is 0.0929. The summed E-state index contributed by atoms with van der Waals surface area (Å²) in [5.74, 6) is 0.628. The number of para-hydroxylation sites is 1. The van der Waals surface area contributed by atoms with Gasteiger partial charge < -0.3 is 20.3 Å². The number of ether oxygens (including phenoxy) is 1. The van der Waals surface area contributed by atoms with E-state index in [1.54, 1.807) is 25.4 Å². The van der Waals surface area contributed by atoms with Gasteiger partial charge in [-0.2, -0.15) is 0 Å². The van der Waals surface area contributed by atoms with Crippen LogP contribution in [0.4, 0.5) is 0 Å². The van der Waals surface area contributed by atoms with Crippen LogP contribution in [0.5, 0.6) is 5.75 Å². The SMILES string of the molecule is COc1ccccc1C(=O)NCC1(c2ccccc2)CCN(/C(=N/S(C)(=O)=O)NCc2ccccn2)CC1. The maximum Gasteiger partial charge on any atom is 0.255 e. The predicted molar refractivity (Wildman–Crippen MR) is 148 cm³/mol. The van der Waals surface area contributed by atoms with Gasteiger partial charge in [0.1, 0.15) is 5.75 Å². The average Bonchev–Trinajstić information content (AvgIpc) is 2.94.